The molecule has 6 heteroatoms. The Bertz CT molecular complexity index is 463. The van der Waals surface area contributed by atoms with Gasteiger partial charge in [-0.2, -0.15) is 5.10 Å². The molecule has 0 bridgehead atoms. The van der Waals surface area contributed by atoms with E-state index >= 15 is 0 Å². The molecule has 0 fully saturated rings. The van der Waals surface area contributed by atoms with E-state index in [1.165, 1.54) is 11.1 Å². The molecule has 1 amide bonds. The number of nitrogens with two attached hydrogens (primary N) is 1. The number of thiophene rings is 1. The number of carbonyl (C=O) groups is 1. The summed E-state index contributed by atoms with van der Waals surface area (Å²) in [6.07, 6.45) is 2.26. The SMILES string of the molecule is Nc1cn[nH]c1C(=O)NCCc1cccs1. The molecule has 0 saturated heterocycles. The van der Waals surface area contributed by atoms with Crippen LogP contribution in [-0.2, 0) is 6.42 Å². The number of hydrogen-bond acceptors (Lipinski definition) is 4. The van der Waals surface area contributed by atoms with Crippen molar-refractivity contribution in [1.82, 2.24) is 15.5 Å². The third kappa shape index (κ3) is 2.40. The van der Waals surface area contributed by atoms with E-state index in [-0.39, 0.29) is 5.91 Å². The van der Waals surface area contributed by atoms with Crippen molar-refractivity contribution in [3.05, 3.63) is 34.3 Å². The molecule has 0 atom stereocenters. The average Bonchev–Trinajstić information content (AvgIpc) is 2.88. The third-order valence-electron chi connectivity index (χ3n) is 2.13. The molecule has 2 rings (SSSR count). The van der Waals surface area contributed by atoms with Crippen LogP contribution in [-0.4, -0.2) is 22.6 Å². The van der Waals surface area contributed by atoms with Gasteiger partial charge in [-0.25, -0.2) is 0 Å². The third-order valence-corrected chi connectivity index (χ3v) is 3.07. The molecule has 0 spiro atoms. The zero-order valence-corrected chi connectivity index (χ0v) is 9.38. The first-order chi connectivity index (χ1) is 7.77. The number of nitrogens with one attached hydrogen (secondary N) is 2. The number of carbonyl (C=O) groups excluding carboxylic acids is 1. The molecule has 4 N–H and O–H groups in total. The average molecular weight is 236 g/mol. The standard InChI is InChI=1S/C10H12N4OS/c11-8-6-13-14-9(8)10(15)12-4-3-7-2-1-5-16-7/h1-2,5-6H,3-4,11H2,(H,12,15)(H,13,14). The van der Waals surface area contributed by atoms with Crippen LogP contribution in [0.25, 0.3) is 0 Å². The molecule has 0 aliphatic rings. The molecule has 2 heterocycles. The van der Waals surface area contributed by atoms with Crippen LogP contribution in [0, 0.1) is 0 Å². The summed E-state index contributed by atoms with van der Waals surface area (Å²) in [6, 6.07) is 4.04. The monoisotopic (exact) mass is 236 g/mol. The van der Waals surface area contributed by atoms with Gasteiger partial charge in [-0.3, -0.25) is 9.89 Å². The summed E-state index contributed by atoms with van der Waals surface area (Å²) in [5.74, 6) is -0.216. The van der Waals surface area contributed by atoms with Crippen LogP contribution >= 0.6 is 11.3 Å². The van der Waals surface area contributed by atoms with Crippen LogP contribution in [0.5, 0.6) is 0 Å². The van der Waals surface area contributed by atoms with E-state index in [0.29, 0.717) is 17.9 Å². The van der Waals surface area contributed by atoms with Crippen molar-refractivity contribution >= 4 is 22.9 Å². The Labute approximate surface area is 96.7 Å². The summed E-state index contributed by atoms with van der Waals surface area (Å²) >= 11 is 1.68. The number of amides is 1. The number of aromatic amines is 1. The van der Waals surface area contributed by atoms with E-state index in [1.807, 2.05) is 17.5 Å². The molecule has 16 heavy (non-hydrogen) atoms. The number of nitrogen functional groups attached to an aromatic ring is 1. The van der Waals surface area contributed by atoms with Gasteiger partial charge in [0.15, 0.2) is 0 Å². The highest BCUT2D eigenvalue weighted by Gasteiger charge is 2.10. The lowest BCUT2D eigenvalue weighted by atomic mass is 10.3. The van der Waals surface area contributed by atoms with E-state index < -0.39 is 0 Å². The van der Waals surface area contributed by atoms with E-state index in [0.717, 1.165) is 6.42 Å². The van der Waals surface area contributed by atoms with Crippen LogP contribution in [0.2, 0.25) is 0 Å². The molecule has 0 aliphatic carbocycles. The van der Waals surface area contributed by atoms with Gasteiger partial charge in [-0.05, 0) is 17.9 Å². The predicted octanol–water partition coefficient (Wildman–Crippen LogP) is 1.03. The molecule has 0 unspecified atom stereocenters. The van der Waals surface area contributed by atoms with Gasteiger partial charge in [-0.1, -0.05) is 6.07 Å². The van der Waals surface area contributed by atoms with Crippen LogP contribution in [0.4, 0.5) is 5.69 Å². The van der Waals surface area contributed by atoms with Gasteiger partial charge >= 0.3 is 0 Å². The van der Waals surface area contributed by atoms with Crippen LogP contribution < -0.4 is 11.1 Å². The number of H-pyrrole nitrogens is 1. The topological polar surface area (TPSA) is 83.8 Å². The van der Waals surface area contributed by atoms with Gasteiger partial charge in [0.2, 0.25) is 0 Å². The smallest absolute Gasteiger partial charge is 0.271 e. The molecule has 2 aromatic rings. The Balaban J connectivity index is 1.83. The van der Waals surface area contributed by atoms with E-state index in [4.69, 9.17) is 5.73 Å². The molecular formula is C10H12N4OS. The molecule has 5 nitrogen and oxygen atoms in total. The van der Waals surface area contributed by atoms with Crippen molar-refractivity contribution in [1.29, 1.82) is 0 Å². The Morgan fingerprint density at radius 2 is 2.50 bits per heavy atom. The van der Waals surface area contributed by atoms with Crippen molar-refractivity contribution < 1.29 is 4.79 Å². The Morgan fingerprint density at radius 1 is 1.62 bits per heavy atom. The first kappa shape index (κ1) is 10.7. The molecule has 0 saturated carbocycles. The fourth-order valence-corrected chi connectivity index (χ4v) is 2.03. The molecule has 0 radical (unpaired) electrons. The first-order valence-electron chi connectivity index (χ1n) is 4.87. The second kappa shape index (κ2) is 4.80. The minimum absolute atomic E-state index is 0.216. The van der Waals surface area contributed by atoms with Gasteiger partial charge in [-0.15, -0.1) is 11.3 Å². The van der Waals surface area contributed by atoms with Gasteiger partial charge in [0.1, 0.15) is 5.69 Å². The van der Waals surface area contributed by atoms with E-state index in [1.54, 1.807) is 11.3 Å². The highest BCUT2D eigenvalue weighted by molar-refractivity contribution is 7.09. The summed E-state index contributed by atoms with van der Waals surface area (Å²) in [5.41, 5.74) is 6.25. The maximum absolute atomic E-state index is 11.6. The minimum atomic E-state index is -0.216. The minimum Gasteiger partial charge on any atom is -0.396 e. The quantitative estimate of drug-likeness (QED) is 0.741. The molecule has 2 aromatic heterocycles. The second-order valence-corrected chi connectivity index (χ2v) is 4.32. The zero-order valence-electron chi connectivity index (χ0n) is 8.56. The maximum atomic E-state index is 11.6. The highest BCUT2D eigenvalue weighted by atomic mass is 32.1. The number of rotatable bonds is 4. The van der Waals surface area contributed by atoms with Crippen LogP contribution in [0.3, 0.4) is 0 Å². The van der Waals surface area contributed by atoms with Crippen LogP contribution in [0.15, 0.2) is 23.7 Å². The predicted molar refractivity (Wildman–Crippen MR) is 63.4 cm³/mol. The highest BCUT2D eigenvalue weighted by Crippen LogP contribution is 2.09. The van der Waals surface area contributed by atoms with Crippen molar-refractivity contribution in [3.8, 4) is 0 Å². The lowest BCUT2D eigenvalue weighted by molar-refractivity contribution is 0.0950. The normalized spacial score (nSPS) is 10.2. The van der Waals surface area contributed by atoms with E-state index in [9.17, 15) is 4.79 Å². The Hall–Kier alpha value is -1.82. The zero-order chi connectivity index (χ0) is 11.4. The lowest BCUT2D eigenvalue weighted by Crippen LogP contribution is -2.26. The van der Waals surface area contributed by atoms with Crippen molar-refractivity contribution in [2.45, 2.75) is 6.42 Å². The first-order valence-corrected chi connectivity index (χ1v) is 5.75. The second-order valence-electron chi connectivity index (χ2n) is 3.29. The van der Waals surface area contributed by atoms with Crippen molar-refractivity contribution in [2.75, 3.05) is 12.3 Å². The summed E-state index contributed by atoms with van der Waals surface area (Å²) in [7, 11) is 0. The Morgan fingerprint density at radius 3 is 3.12 bits per heavy atom. The number of anilines is 1. The lowest BCUT2D eigenvalue weighted by Gasteiger charge is -2.02. The Kier molecular flexibility index (Phi) is 3.21. The maximum Gasteiger partial charge on any atom is 0.271 e. The summed E-state index contributed by atoms with van der Waals surface area (Å²) in [4.78, 5) is 12.8. The molecule has 84 valence electrons. The van der Waals surface area contributed by atoms with Gasteiger partial charge in [0.05, 0.1) is 11.9 Å². The van der Waals surface area contributed by atoms with Crippen LogP contribution in [0.1, 0.15) is 15.4 Å². The number of hydrogen-bond donors (Lipinski definition) is 3. The fourth-order valence-electron chi connectivity index (χ4n) is 1.32. The summed E-state index contributed by atoms with van der Waals surface area (Å²) in [5, 5.41) is 11.1. The number of nitrogens with zero attached hydrogens (tertiary/aromatic N) is 1. The van der Waals surface area contributed by atoms with Crippen molar-refractivity contribution in [3.63, 3.8) is 0 Å². The van der Waals surface area contributed by atoms with Gasteiger partial charge < -0.3 is 11.1 Å². The van der Waals surface area contributed by atoms with Gasteiger partial charge in [0, 0.05) is 11.4 Å². The molecule has 0 aliphatic heterocycles. The molecular weight excluding hydrogens is 224 g/mol. The summed E-state index contributed by atoms with van der Waals surface area (Å²) in [6.45, 7) is 0.595. The summed E-state index contributed by atoms with van der Waals surface area (Å²) < 4.78 is 0. The van der Waals surface area contributed by atoms with Crippen molar-refractivity contribution in [2.24, 2.45) is 0 Å². The molecule has 0 aromatic carbocycles. The van der Waals surface area contributed by atoms with Gasteiger partial charge in [0.25, 0.3) is 5.91 Å². The fraction of sp³-hybridized carbons (Fsp3) is 0.200. The van der Waals surface area contributed by atoms with E-state index in [2.05, 4.69) is 15.5 Å². The number of aromatic nitrogens is 2. The largest absolute Gasteiger partial charge is 0.396 e.